The van der Waals surface area contributed by atoms with Crippen LogP contribution < -0.4 is 0 Å². The van der Waals surface area contributed by atoms with Crippen molar-refractivity contribution in [1.82, 2.24) is 0 Å². The first-order chi connectivity index (χ1) is 11.2. The summed E-state index contributed by atoms with van der Waals surface area (Å²) in [6.45, 7) is 11.9. The minimum absolute atomic E-state index is 0.0119. The van der Waals surface area contributed by atoms with Crippen LogP contribution in [0.4, 0.5) is 0 Å². The molecule has 132 valence electrons. The smallest absolute Gasteiger partial charge is 0.192 e. The highest BCUT2D eigenvalue weighted by atomic mass is 28.4. The fraction of sp³-hybridized carbons (Fsp3) is 0.500. The number of benzene rings is 2. The highest BCUT2D eigenvalue weighted by molar-refractivity contribution is 6.74. The van der Waals surface area contributed by atoms with E-state index in [9.17, 15) is 5.11 Å². The van der Waals surface area contributed by atoms with Crippen LogP contribution in [0.3, 0.4) is 0 Å². The second-order valence-electron chi connectivity index (χ2n) is 7.84. The third-order valence-electron chi connectivity index (χ3n) is 4.91. The number of fused-ring (bicyclic) bond motifs is 1. The van der Waals surface area contributed by atoms with Crippen molar-refractivity contribution in [3.05, 3.63) is 48.0 Å². The molecule has 0 spiro atoms. The van der Waals surface area contributed by atoms with Gasteiger partial charge in [0.25, 0.3) is 0 Å². The van der Waals surface area contributed by atoms with Crippen LogP contribution in [-0.2, 0) is 15.8 Å². The average Bonchev–Trinajstić information content (AvgIpc) is 2.53. The van der Waals surface area contributed by atoms with Crippen molar-refractivity contribution in [3.63, 3.8) is 0 Å². The van der Waals surface area contributed by atoms with E-state index in [1.807, 2.05) is 12.1 Å². The number of aliphatic hydroxyl groups is 1. The summed E-state index contributed by atoms with van der Waals surface area (Å²) in [5.74, 6) is 0. The Morgan fingerprint density at radius 2 is 1.71 bits per heavy atom. The highest BCUT2D eigenvalue weighted by Crippen LogP contribution is 2.37. The van der Waals surface area contributed by atoms with Crippen molar-refractivity contribution in [1.29, 1.82) is 0 Å². The second-order valence-corrected chi connectivity index (χ2v) is 12.6. The summed E-state index contributed by atoms with van der Waals surface area (Å²) < 4.78 is 12.1. The molecular formula is C20H30O3Si. The molecule has 0 unspecified atom stereocenters. The lowest BCUT2D eigenvalue weighted by atomic mass is 10.1. The summed E-state index contributed by atoms with van der Waals surface area (Å²) in [5.41, 5.74) is 1.16. The molecule has 2 rings (SSSR count). The SMILES string of the molecule is CC(C)(C)[Si](C)(C)O[C@H](CO)COCc1cccc2ccccc12. The molecule has 24 heavy (non-hydrogen) atoms. The summed E-state index contributed by atoms with van der Waals surface area (Å²) in [7, 11) is -1.90. The van der Waals surface area contributed by atoms with Gasteiger partial charge >= 0.3 is 0 Å². The Morgan fingerprint density at radius 3 is 2.38 bits per heavy atom. The van der Waals surface area contributed by atoms with E-state index >= 15 is 0 Å². The van der Waals surface area contributed by atoms with Gasteiger partial charge in [0, 0.05) is 0 Å². The molecular weight excluding hydrogens is 316 g/mol. The molecule has 0 amide bonds. The summed E-state index contributed by atoms with van der Waals surface area (Å²) in [4.78, 5) is 0. The molecule has 0 heterocycles. The van der Waals surface area contributed by atoms with Crippen molar-refractivity contribution in [2.45, 2.75) is 51.6 Å². The fourth-order valence-electron chi connectivity index (χ4n) is 2.44. The van der Waals surface area contributed by atoms with Gasteiger partial charge in [0.05, 0.1) is 25.9 Å². The summed E-state index contributed by atoms with van der Waals surface area (Å²) >= 11 is 0. The molecule has 0 saturated heterocycles. The number of ether oxygens (including phenoxy) is 1. The maximum Gasteiger partial charge on any atom is 0.192 e. The molecule has 0 bridgehead atoms. The molecule has 0 radical (unpaired) electrons. The maximum absolute atomic E-state index is 9.64. The van der Waals surface area contributed by atoms with Gasteiger partial charge in [-0.05, 0) is 34.5 Å². The molecule has 0 aromatic heterocycles. The van der Waals surface area contributed by atoms with Crippen LogP contribution >= 0.6 is 0 Å². The van der Waals surface area contributed by atoms with Gasteiger partial charge in [0.1, 0.15) is 0 Å². The Morgan fingerprint density at radius 1 is 1.04 bits per heavy atom. The zero-order chi connectivity index (χ0) is 17.8. The zero-order valence-electron chi connectivity index (χ0n) is 15.5. The summed E-state index contributed by atoms with van der Waals surface area (Å²) in [5, 5.41) is 12.2. The van der Waals surface area contributed by atoms with Crippen molar-refractivity contribution in [2.75, 3.05) is 13.2 Å². The predicted octanol–water partition coefficient (Wildman–Crippen LogP) is 4.74. The van der Waals surface area contributed by atoms with Crippen molar-refractivity contribution < 1.29 is 14.3 Å². The Kier molecular flexibility index (Phi) is 6.20. The van der Waals surface area contributed by atoms with Gasteiger partial charge in [0.15, 0.2) is 8.32 Å². The Hall–Kier alpha value is -1.20. The van der Waals surface area contributed by atoms with Crippen LogP contribution in [0.2, 0.25) is 18.1 Å². The van der Waals surface area contributed by atoms with E-state index in [-0.39, 0.29) is 17.7 Å². The van der Waals surface area contributed by atoms with E-state index in [1.165, 1.54) is 10.8 Å². The van der Waals surface area contributed by atoms with E-state index < -0.39 is 8.32 Å². The molecule has 0 aliphatic rings. The minimum Gasteiger partial charge on any atom is -0.409 e. The monoisotopic (exact) mass is 346 g/mol. The van der Waals surface area contributed by atoms with E-state index in [0.717, 1.165) is 5.56 Å². The fourth-order valence-corrected chi connectivity index (χ4v) is 3.77. The lowest BCUT2D eigenvalue weighted by Crippen LogP contribution is -2.46. The zero-order valence-corrected chi connectivity index (χ0v) is 16.5. The Bertz CT molecular complexity index is 656. The quantitative estimate of drug-likeness (QED) is 0.736. The minimum atomic E-state index is -1.90. The summed E-state index contributed by atoms with van der Waals surface area (Å²) in [6.07, 6.45) is -0.263. The van der Waals surface area contributed by atoms with Crippen LogP contribution in [0.15, 0.2) is 42.5 Å². The molecule has 2 aromatic rings. The van der Waals surface area contributed by atoms with Gasteiger partial charge in [0.2, 0.25) is 0 Å². The third kappa shape index (κ3) is 4.67. The molecule has 0 saturated carbocycles. The predicted molar refractivity (Wildman–Crippen MR) is 103 cm³/mol. The van der Waals surface area contributed by atoms with Crippen molar-refractivity contribution in [2.24, 2.45) is 0 Å². The number of hydrogen-bond acceptors (Lipinski definition) is 3. The molecule has 0 aliphatic heterocycles. The molecule has 3 nitrogen and oxygen atoms in total. The van der Waals surface area contributed by atoms with Crippen LogP contribution in [0.5, 0.6) is 0 Å². The molecule has 1 N–H and O–H groups in total. The number of rotatable bonds is 7. The van der Waals surface area contributed by atoms with Crippen LogP contribution in [-0.4, -0.2) is 32.7 Å². The first kappa shape index (κ1) is 19.1. The van der Waals surface area contributed by atoms with E-state index in [4.69, 9.17) is 9.16 Å². The van der Waals surface area contributed by atoms with Gasteiger partial charge in [-0.3, -0.25) is 0 Å². The highest BCUT2D eigenvalue weighted by Gasteiger charge is 2.39. The van der Waals surface area contributed by atoms with Crippen LogP contribution in [0.1, 0.15) is 26.3 Å². The Labute approximate surface area is 146 Å². The second kappa shape index (κ2) is 7.79. The molecule has 4 heteroatoms. The van der Waals surface area contributed by atoms with E-state index in [0.29, 0.717) is 13.2 Å². The molecule has 0 fully saturated rings. The van der Waals surface area contributed by atoms with E-state index in [2.05, 4.69) is 64.2 Å². The lowest BCUT2D eigenvalue weighted by molar-refractivity contribution is 0.00684. The molecule has 2 aromatic carbocycles. The van der Waals surface area contributed by atoms with Crippen molar-refractivity contribution in [3.8, 4) is 0 Å². The maximum atomic E-state index is 9.64. The number of hydrogen-bond donors (Lipinski definition) is 1. The van der Waals surface area contributed by atoms with Gasteiger partial charge < -0.3 is 14.3 Å². The number of aliphatic hydroxyl groups excluding tert-OH is 1. The molecule has 1 atom stereocenters. The first-order valence-corrected chi connectivity index (χ1v) is 11.5. The normalized spacial score (nSPS) is 14.1. The third-order valence-corrected chi connectivity index (χ3v) is 9.45. The van der Waals surface area contributed by atoms with Gasteiger partial charge in [-0.15, -0.1) is 0 Å². The topological polar surface area (TPSA) is 38.7 Å². The summed E-state index contributed by atoms with van der Waals surface area (Å²) in [6, 6.07) is 14.6. The van der Waals surface area contributed by atoms with Crippen LogP contribution in [0.25, 0.3) is 10.8 Å². The average molecular weight is 347 g/mol. The van der Waals surface area contributed by atoms with Crippen molar-refractivity contribution >= 4 is 19.1 Å². The molecule has 0 aliphatic carbocycles. The standard InChI is InChI=1S/C20H30O3Si/c1-20(2,3)24(4,5)23-18(13-21)15-22-14-17-11-8-10-16-9-6-7-12-19(16)17/h6-12,18,21H,13-15H2,1-5H3/t18-/m1/s1. The van der Waals surface area contributed by atoms with Gasteiger partial charge in [-0.1, -0.05) is 63.2 Å². The van der Waals surface area contributed by atoms with Crippen LogP contribution in [0, 0.1) is 0 Å². The van der Waals surface area contributed by atoms with Gasteiger partial charge in [-0.2, -0.15) is 0 Å². The Balaban J connectivity index is 1.96. The van der Waals surface area contributed by atoms with E-state index in [1.54, 1.807) is 0 Å². The van der Waals surface area contributed by atoms with Gasteiger partial charge in [-0.25, -0.2) is 0 Å². The lowest BCUT2D eigenvalue weighted by Gasteiger charge is -2.38. The first-order valence-electron chi connectivity index (χ1n) is 8.57. The largest absolute Gasteiger partial charge is 0.409 e.